The molecule has 0 amide bonds. The van der Waals surface area contributed by atoms with Gasteiger partial charge in [0.1, 0.15) is 0 Å². The maximum absolute atomic E-state index is 11.5. The van der Waals surface area contributed by atoms with Crippen molar-refractivity contribution in [2.75, 3.05) is 0 Å². The van der Waals surface area contributed by atoms with Crippen molar-refractivity contribution in [3.63, 3.8) is 0 Å². The quantitative estimate of drug-likeness (QED) is 0.717. The fourth-order valence-corrected chi connectivity index (χ4v) is 3.49. The van der Waals surface area contributed by atoms with Gasteiger partial charge in [-0.1, -0.05) is 22.0 Å². The van der Waals surface area contributed by atoms with Gasteiger partial charge in [0.05, 0.1) is 4.90 Å². The highest BCUT2D eigenvalue weighted by Crippen LogP contribution is 2.34. The highest BCUT2D eigenvalue weighted by atomic mass is 79.9. The SMILES string of the molecule is Cc1ccc(Br)c2c1S(=O)(=O)C=C2. The van der Waals surface area contributed by atoms with Gasteiger partial charge in [0, 0.05) is 15.4 Å². The monoisotopic (exact) mass is 258 g/mol. The number of benzene rings is 1. The van der Waals surface area contributed by atoms with E-state index >= 15 is 0 Å². The first kappa shape index (κ1) is 8.97. The first-order valence-corrected chi connectivity index (χ1v) is 6.08. The van der Waals surface area contributed by atoms with Gasteiger partial charge >= 0.3 is 0 Å². The van der Waals surface area contributed by atoms with Crippen molar-refractivity contribution < 1.29 is 8.42 Å². The predicted octanol–water partition coefficient (Wildman–Crippen LogP) is 2.52. The smallest absolute Gasteiger partial charge is 0.200 e. The van der Waals surface area contributed by atoms with Crippen molar-refractivity contribution in [1.82, 2.24) is 0 Å². The lowest BCUT2D eigenvalue weighted by molar-refractivity contribution is 0.605. The molecule has 0 radical (unpaired) electrons. The molecule has 0 N–H and O–H groups in total. The Bertz CT molecular complexity index is 501. The number of rotatable bonds is 0. The summed E-state index contributed by atoms with van der Waals surface area (Å²) < 4.78 is 23.9. The number of hydrogen-bond acceptors (Lipinski definition) is 2. The molecule has 0 aromatic heterocycles. The van der Waals surface area contributed by atoms with Crippen LogP contribution in [0.2, 0.25) is 0 Å². The summed E-state index contributed by atoms with van der Waals surface area (Å²) >= 11 is 3.32. The van der Waals surface area contributed by atoms with Crippen LogP contribution >= 0.6 is 15.9 Å². The van der Waals surface area contributed by atoms with Gasteiger partial charge in [0.25, 0.3) is 0 Å². The first-order chi connectivity index (χ1) is 6.02. The molecule has 0 spiro atoms. The largest absolute Gasteiger partial charge is 0.219 e. The molecule has 1 heterocycles. The zero-order valence-corrected chi connectivity index (χ0v) is 9.31. The van der Waals surface area contributed by atoms with E-state index in [-0.39, 0.29) is 0 Å². The van der Waals surface area contributed by atoms with Gasteiger partial charge in [-0.15, -0.1) is 0 Å². The minimum Gasteiger partial charge on any atom is -0.219 e. The summed E-state index contributed by atoms with van der Waals surface area (Å²) in [6, 6.07) is 3.66. The van der Waals surface area contributed by atoms with Crippen LogP contribution in [0.1, 0.15) is 11.1 Å². The van der Waals surface area contributed by atoms with E-state index < -0.39 is 9.84 Å². The second kappa shape index (κ2) is 2.69. The molecule has 0 fully saturated rings. The summed E-state index contributed by atoms with van der Waals surface area (Å²) in [4.78, 5) is 0.432. The third kappa shape index (κ3) is 1.25. The first-order valence-electron chi connectivity index (χ1n) is 3.74. The van der Waals surface area contributed by atoms with E-state index in [9.17, 15) is 8.42 Å². The van der Waals surface area contributed by atoms with Crippen LogP contribution < -0.4 is 0 Å². The van der Waals surface area contributed by atoms with E-state index in [1.807, 2.05) is 6.07 Å². The van der Waals surface area contributed by atoms with Gasteiger partial charge in [0.15, 0.2) is 0 Å². The maximum atomic E-state index is 11.5. The van der Waals surface area contributed by atoms with E-state index in [1.54, 1.807) is 19.1 Å². The molecular weight excluding hydrogens is 252 g/mol. The van der Waals surface area contributed by atoms with E-state index in [1.165, 1.54) is 5.41 Å². The van der Waals surface area contributed by atoms with Crippen molar-refractivity contribution in [2.24, 2.45) is 0 Å². The van der Waals surface area contributed by atoms with Gasteiger partial charge < -0.3 is 0 Å². The van der Waals surface area contributed by atoms with Crippen LogP contribution in [0.3, 0.4) is 0 Å². The maximum Gasteiger partial charge on any atom is 0.200 e. The van der Waals surface area contributed by atoms with Gasteiger partial charge in [-0.25, -0.2) is 8.42 Å². The van der Waals surface area contributed by atoms with E-state index in [4.69, 9.17) is 0 Å². The Hall–Kier alpha value is -0.610. The minimum absolute atomic E-state index is 0.432. The zero-order valence-electron chi connectivity index (χ0n) is 6.91. The lowest BCUT2D eigenvalue weighted by Gasteiger charge is -2.04. The van der Waals surface area contributed by atoms with E-state index in [0.717, 1.165) is 15.6 Å². The molecule has 0 saturated heterocycles. The Morgan fingerprint density at radius 2 is 2.00 bits per heavy atom. The molecule has 0 aliphatic carbocycles. The molecule has 2 nitrogen and oxygen atoms in total. The van der Waals surface area contributed by atoms with Gasteiger partial charge in [0.2, 0.25) is 9.84 Å². The second-order valence-corrected chi connectivity index (χ2v) is 5.58. The van der Waals surface area contributed by atoms with E-state index in [2.05, 4.69) is 15.9 Å². The molecular formula is C9H7BrO2S. The standard InChI is InChI=1S/C9H7BrO2S/c1-6-2-3-8(10)7-4-5-13(11,12)9(6)7/h2-5H,1H3. The fourth-order valence-electron chi connectivity index (χ4n) is 1.44. The Morgan fingerprint density at radius 1 is 1.31 bits per heavy atom. The number of fused-ring (bicyclic) bond motifs is 1. The second-order valence-electron chi connectivity index (χ2n) is 2.95. The third-order valence-electron chi connectivity index (χ3n) is 2.04. The number of halogens is 1. The molecule has 1 aliphatic heterocycles. The fraction of sp³-hybridized carbons (Fsp3) is 0.111. The summed E-state index contributed by atoms with van der Waals surface area (Å²) in [6.07, 6.45) is 1.63. The molecule has 1 aliphatic rings. The van der Waals surface area contributed by atoms with Crippen LogP contribution in [0.25, 0.3) is 6.08 Å². The molecule has 0 saturated carbocycles. The summed E-state index contributed by atoms with van der Waals surface area (Å²) in [5.41, 5.74) is 1.56. The third-order valence-corrected chi connectivity index (χ3v) is 4.33. The van der Waals surface area contributed by atoms with Crippen molar-refractivity contribution in [1.29, 1.82) is 0 Å². The van der Waals surface area contributed by atoms with Crippen molar-refractivity contribution in [3.05, 3.63) is 33.1 Å². The van der Waals surface area contributed by atoms with Crippen LogP contribution in [0, 0.1) is 6.92 Å². The number of hydrogen-bond donors (Lipinski definition) is 0. The summed E-state index contributed by atoms with van der Waals surface area (Å²) in [6.45, 7) is 1.80. The summed E-state index contributed by atoms with van der Waals surface area (Å²) in [5, 5.41) is 1.25. The molecule has 68 valence electrons. The summed E-state index contributed by atoms with van der Waals surface area (Å²) in [7, 11) is -3.17. The molecule has 13 heavy (non-hydrogen) atoms. The Kier molecular flexibility index (Phi) is 1.85. The van der Waals surface area contributed by atoms with Crippen LogP contribution in [0.15, 0.2) is 26.9 Å². The van der Waals surface area contributed by atoms with Crippen molar-refractivity contribution >= 4 is 31.8 Å². The van der Waals surface area contributed by atoms with Crippen LogP contribution in [0.5, 0.6) is 0 Å². The Balaban J connectivity index is 2.91. The Labute approximate surface area is 85.3 Å². The highest BCUT2D eigenvalue weighted by molar-refractivity contribution is 9.10. The van der Waals surface area contributed by atoms with E-state index in [0.29, 0.717) is 4.90 Å². The van der Waals surface area contributed by atoms with Crippen molar-refractivity contribution in [3.8, 4) is 0 Å². The Morgan fingerprint density at radius 3 is 2.62 bits per heavy atom. The van der Waals surface area contributed by atoms with Gasteiger partial charge in [-0.05, 0) is 24.6 Å². The molecule has 0 unspecified atom stereocenters. The normalized spacial score (nSPS) is 17.4. The van der Waals surface area contributed by atoms with Gasteiger partial charge in [-0.2, -0.15) is 0 Å². The lowest BCUT2D eigenvalue weighted by atomic mass is 10.1. The van der Waals surface area contributed by atoms with Crippen LogP contribution in [0.4, 0.5) is 0 Å². The molecule has 4 heteroatoms. The van der Waals surface area contributed by atoms with Crippen molar-refractivity contribution in [2.45, 2.75) is 11.8 Å². The molecule has 1 aromatic rings. The molecule has 0 atom stereocenters. The average molecular weight is 259 g/mol. The zero-order chi connectivity index (χ0) is 9.64. The minimum atomic E-state index is -3.17. The van der Waals surface area contributed by atoms with Crippen LogP contribution in [-0.2, 0) is 9.84 Å². The van der Waals surface area contributed by atoms with Crippen LogP contribution in [-0.4, -0.2) is 8.42 Å². The lowest BCUT2D eigenvalue weighted by Crippen LogP contribution is -1.97. The topological polar surface area (TPSA) is 34.1 Å². The number of aryl methyl sites for hydroxylation is 1. The highest BCUT2D eigenvalue weighted by Gasteiger charge is 2.24. The molecule has 0 bridgehead atoms. The molecule has 2 rings (SSSR count). The summed E-state index contributed by atoms with van der Waals surface area (Å²) in [5.74, 6) is 0. The average Bonchev–Trinajstić information content (AvgIpc) is 2.36. The predicted molar refractivity (Wildman–Crippen MR) is 55.1 cm³/mol. The number of sulfone groups is 1. The van der Waals surface area contributed by atoms with Gasteiger partial charge in [-0.3, -0.25) is 0 Å². The molecule has 1 aromatic carbocycles.